The highest BCUT2D eigenvalue weighted by Gasteiger charge is 2.13. The van der Waals surface area contributed by atoms with Crippen molar-refractivity contribution in [3.05, 3.63) is 82.5 Å². The number of carboxylic acids is 1. The Morgan fingerprint density at radius 1 is 1.00 bits per heavy atom. The van der Waals surface area contributed by atoms with Crippen LogP contribution in [0.25, 0.3) is 0 Å². The maximum atomic E-state index is 11.0. The highest BCUT2D eigenvalue weighted by molar-refractivity contribution is 7.98. The SMILES string of the molecule is Cc1nc(SCc2ccc(C(=O)O)cc2)nc(N(C)Cc2ccccc2)c1C. The number of aromatic carboxylic acids is 1. The Morgan fingerprint density at radius 2 is 1.68 bits per heavy atom. The molecule has 1 heterocycles. The number of anilines is 1. The highest BCUT2D eigenvalue weighted by Crippen LogP contribution is 2.26. The van der Waals surface area contributed by atoms with Gasteiger partial charge in [-0.3, -0.25) is 0 Å². The van der Waals surface area contributed by atoms with Gasteiger partial charge in [-0.2, -0.15) is 0 Å². The normalized spacial score (nSPS) is 10.7. The lowest BCUT2D eigenvalue weighted by Crippen LogP contribution is -2.20. The molecular formula is C22H23N3O2S. The molecule has 0 fully saturated rings. The third kappa shape index (κ3) is 4.89. The summed E-state index contributed by atoms with van der Waals surface area (Å²) in [6, 6.07) is 17.2. The summed E-state index contributed by atoms with van der Waals surface area (Å²) in [6.07, 6.45) is 0. The minimum absolute atomic E-state index is 0.293. The lowest BCUT2D eigenvalue weighted by atomic mass is 10.1. The predicted molar refractivity (Wildman–Crippen MR) is 113 cm³/mol. The first-order valence-electron chi connectivity index (χ1n) is 8.99. The van der Waals surface area contributed by atoms with Crippen LogP contribution in [0.4, 0.5) is 5.82 Å². The van der Waals surface area contributed by atoms with E-state index < -0.39 is 5.97 Å². The van der Waals surface area contributed by atoms with E-state index in [1.807, 2.05) is 51.2 Å². The van der Waals surface area contributed by atoms with Gasteiger partial charge in [0, 0.05) is 30.6 Å². The molecule has 0 aliphatic carbocycles. The molecule has 0 amide bonds. The number of aryl methyl sites for hydroxylation is 1. The molecule has 0 saturated carbocycles. The van der Waals surface area contributed by atoms with E-state index in [0.717, 1.165) is 34.3 Å². The van der Waals surface area contributed by atoms with Crippen molar-refractivity contribution in [2.75, 3.05) is 11.9 Å². The molecule has 0 radical (unpaired) electrons. The lowest BCUT2D eigenvalue weighted by molar-refractivity contribution is 0.0697. The molecule has 0 bridgehead atoms. The summed E-state index contributed by atoms with van der Waals surface area (Å²) < 4.78 is 0. The van der Waals surface area contributed by atoms with Crippen LogP contribution in [0, 0.1) is 13.8 Å². The van der Waals surface area contributed by atoms with Crippen LogP contribution in [0.15, 0.2) is 59.8 Å². The molecule has 0 spiro atoms. The summed E-state index contributed by atoms with van der Waals surface area (Å²) in [6.45, 7) is 4.83. The summed E-state index contributed by atoms with van der Waals surface area (Å²) in [4.78, 5) is 22.5. The maximum Gasteiger partial charge on any atom is 0.335 e. The maximum absolute atomic E-state index is 11.0. The molecule has 3 rings (SSSR count). The van der Waals surface area contributed by atoms with Crippen molar-refractivity contribution >= 4 is 23.5 Å². The minimum atomic E-state index is -0.914. The monoisotopic (exact) mass is 393 g/mol. The molecule has 1 N–H and O–H groups in total. The summed E-state index contributed by atoms with van der Waals surface area (Å²) >= 11 is 1.55. The molecule has 0 aliphatic rings. The van der Waals surface area contributed by atoms with Crippen LogP contribution >= 0.6 is 11.8 Å². The Morgan fingerprint density at radius 3 is 2.32 bits per heavy atom. The number of carboxylic acid groups (broad SMARTS) is 1. The Balaban J connectivity index is 1.74. The molecular weight excluding hydrogens is 370 g/mol. The fraction of sp³-hybridized carbons (Fsp3) is 0.227. The van der Waals surface area contributed by atoms with Crippen LogP contribution in [-0.4, -0.2) is 28.1 Å². The van der Waals surface area contributed by atoms with E-state index in [2.05, 4.69) is 22.0 Å². The van der Waals surface area contributed by atoms with Gasteiger partial charge >= 0.3 is 5.97 Å². The first-order chi connectivity index (χ1) is 13.4. The van der Waals surface area contributed by atoms with Gasteiger partial charge in [0.25, 0.3) is 0 Å². The predicted octanol–water partition coefficient (Wildman–Crippen LogP) is 4.72. The van der Waals surface area contributed by atoms with E-state index in [1.54, 1.807) is 23.9 Å². The van der Waals surface area contributed by atoms with Gasteiger partial charge in [-0.05, 0) is 37.1 Å². The summed E-state index contributed by atoms with van der Waals surface area (Å²) in [5.74, 6) is 0.701. The Hall–Kier alpha value is -2.86. The summed E-state index contributed by atoms with van der Waals surface area (Å²) in [5, 5.41) is 9.72. The number of rotatable bonds is 7. The molecule has 0 atom stereocenters. The number of hydrogen-bond acceptors (Lipinski definition) is 5. The Bertz CT molecular complexity index is 960. The highest BCUT2D eigenvalue weighted by atomic mass is 32.2. The molecule has 2 aromatic carbocycles. The summed E-state index contributed by atoms with van der Waals surface area (Å²) in [5.41, 5.74) is 4.60. The van der Waals surface area contributed by atoms with Crippen molar-refractivity contribution in [2.24, 2.45) is 0 Å². The zero-order valence-electron chi connectivity index (χ0n) is 16.2. The van der Waals surface area contributed by atoms with Gasteiger partial charge < -0.3 is 10.0 Å². The lowest BCUT2D eigenvalue weighted by Gasteiger charge is -2.21. The topological polar surface area (TPSA) is 66.3 Å². The fourth-order valence-electron chi connectivity index (χ4n) is 2.85. The van der Waals surface area contributed by atoms with Gasteiger partial charge in [0.05, 0.1) is 5.56 Å². The zero-order chi connectivity index (χ0) is 20.1. The van der Waals surface area contributed by atoms with E-state index >= 15 is 0 Å². The number of carbonyl (C=O) groups is 1. The first kappa shape index (κ1) is 19.9. The van der Waals surface area contributed by atoms with Crippen LogP contribution in [0.2, 0.25) is 0 Å². The number of aromatic nitrogens is 2. The van der Waals surface area contributed by atoms with Crippen molar-refractivity contribution in [3.8, 4) is 0 Å². The van der Waals surface area contributed by atoms with Gasteiger partial charge in [0.2, 0.25) is 0 Å². The molecule has 6 heteroatoms. The number of benzene rings is 2. The molecule has 5 nitrogen and oxygen atoms in total. The Labute approximate surface area is 169 Å². The average molecular weight is 394 g/mol. The van der Waals surface area contributed by atoms with Crippen LogP contribution in [-0.2, 0) is 12.3 Å². The molecule has 0 unspecified atom stereocenters. The van der Waals surface area contributed by atoms with E-state index in [1.165, 1.54) is 5.56 Å². The quantitative estimate of drug-likeness (QED) is 0.463. The number of nitrogens with zero attached hydrogens (tertiary/aromatic N) is 3. The minimum Gasteiger partial charge on any atom is -0.478 e. The van der Waals surface area contributed by atoms with Gasteiger partial charge in [0.15, 0.2) is 5.16 Å². The smallest absolute Gasteiger partial charge is 0.335 e. The molecule has 3 aromatic rings. The molecule has 1 aromatic heterocycles. The molecule has 0 aliphatic heterocycles. The van der Waals surface area contributed by atoms with Crippen LogP contribution in [0.3, 0.4) is 0 Å². The first-order valence-corrected chi connectivity index (χ1v) is 9.98. The number of thioether (sulfide) groups is 1. The molecule has 28 heavy (non-hydrogen) atoms. The van der Waals surface area contributed by atoms with E-state index in [4.69, 9.17) is 10.1 Å². The van der Waals surface area contributed by atoms with E-state index in [0.29, 0.717) is 11.3 Å². The Kier molecular flexibility index (Phi) is 6.31. The second-order valence-electron chi connectivity index (χ2n) is 6.67. The third-order valence-corrected chi connectivity index (χ3v) is 5.45. The van der Waals surface area contributed by atoms with Gasteiger partial charge in [-0.1, -0.05) is 54.2 Å². The third-order valence-electron chi connectivity index (χ3n) is 4.54. The van der Waals surface area contributed by atoms with Crippen molar-refractivity contribution in [2.45, 2.75) is 31.3 Å². The molecule has 144 valence electrons. The standard InChI is InChI=1S/C22H23N3O2S/c1-15-16(2)23-22(28-14-18-9-11-19(12-10-18)21(26)27)24-20(15)25(3)13-17-7-5-4-6-8-17/h4-12H,13-14H2,1-3H3,(H,26,27). The largest absolute Gasteiger partial charge is 0.478 e. The molecule has 0 saturated heterocycles. The second-order valence-corrected chi connectivity index (χ2v) is 7.62. The van der Waals surface area contributed by atoms with Crippen LogP contribution in [0.5, 0.6) is 0 Å². The van der Waals surface area contributed by atoms with Crippen molar-refractivity contribution < 1.29 is 9.90 Å². The van der Waals surface area contributed by atoms with Crippen LogP contribution < -0.4 is 4.90 Å². The van der Waals surface area contributed by atoms with Crippen LogP contribution in [0.1, 0.15) is 32.7 Å². The second kappa shape index (κ2) is 8.89. The van der Waals surface area contributed by atoms with E-state index in [-0.39, 0.29) is 0 Å². The zero-order valence-corrected chi connectivity index (χ0v) is 17.0. The van der Waals surface area contributed by atoms with Crippen molar-refractivity contribution in [3.63, 3.8) is 0 Å². The van der Waals surface area contributed by atoms with Gasteiger partial charge in [-0.25, -0.2) is 14.8 Å². The van der Waals surface area contributed by atoms with Gasteiger partial charge in [-0.15, -0.1) is 0 Å². The average Bonchev–Trinajstić information content (AvgIpc) is 2.69. The van der Waals surface area contributed by atoms with Crippen molar-refractivity contribution in [1.82, 2.24) is 9.97 Å². The summed E-state index contributed by atoms with van der Waals surface area (Å²) in [7, 11) is 2.04. The van der Waals surface area contributed by atoms with Crippen molar-refractivity contribution in [1.29, 1.82) is 0 Å². The van der Waals surface area contributed by atoms with E-state index in [9.17, 15) is 4.79 Å². The van der Waals surface area contributed by atoms with Gasteiger partial charge in [0.1, 0.15) is 5.82 Å². The number of hydrogen-bond donors (Lipinski definition) is 1. The fourth-order valence-corrected chi connectivity index (χ4v) is 3.69.